The smallest absolute Gasteiger partial charge is 0.327 e. The van der Waals surface area contributed by atoms with E-state index in [9.17, 15) is 14.9 Å². The van der Waals surface area contributed by atoms with Crippen LogP contribution in [0.1, 0.15) is 18.4 Å². The molecule has 0 saturated carbocycles. The Balaban J connectivity index is 2.58. The Morgan fingerprint density at radius 3 is 2.85 bits per heavy atom. The Labute approximate surface area is 111 Å². The minimum Gasteiger partial charge on any atom is -0.465 e. The predicted octanol–water partition coefficient (Wildman–Crippen LogP) is 1.30. The molecule has 0 bridgehead atoms. The van der Waals surface area contributed by atoms with Crippen LogP contribution >= 0.6 is 0 Å². The number of benzene rings is 1. The fraction of sp³-hybridized carbons (Fsp3) is 0.273. The third-order valence-corrected chi connectivity index (χ3v) is 2.58. The van der Waals surface area contributed by atoms with Gasteiger partial charge in [-0.05, 0) is 23.3 Å². The van der Waals surface area contributed by atoms with Crippen LogP contribution in [0.4, 0.5) is 5.69 Å². The number of nitriles is 1. The minimum atomic E-state index is -1.25. The largest absolute Gasteiger partial charge is 0.465 e. The molecule has 0 spiro atoms. The summed E-state index contributed by atoms with van der Waals surface area (Å²) in [5, 5.41) is 26.9. The predicted molar refractivity (Wildman–Crippen MR) is 63.4 cm³/mol. The van der Waals surface area contributed by atoms with Crippen LogP contribution in [0.2, 0.25) is 0 Å². The van der Waals surface area contributed by atoms with E-state index in [0.717, 1.165) is 6.07 Å². The number of fused-ring (bicyclic) bond motifs is 1. The Morgan fingerprint density at radius 1 is 1.55 bits per heavy atom. The van der Waals surface area contributed by atoms with Gasteiger partial charge >= 0.3 is 11.7 Å². The summed E-state index contributed by atoms with van der Waals surface area (Å²) >= 11 is 0. The van der Waals surface area contributed by atoms with Crippen LogP contribution in [0, 0.1) is 21.4 Å². The molecule has 1 aromatic carbocycles. The van der Waals surface area contributed by atoms with E-state index < -0.39 is 16.8 Å². The molecule has 1 heterocycles. The number of nitro groups is 1. The molecule has 9 heteroatoms. The molecule has 2 rings (SSSR count). The molecule has 0 radical (unpaired) electrons. The van der Waals surface area contributed by atoms with Crippen LogP contribution < -0.4 is 0 Å². The van der Waals surface area contributed by atoms with E-state index >= 15 is 0 Å². The van der Waals surface area contributed by atoms with Gasteiger partial charge in [0.1, 0.15) is 5.52 Å². The summed E-state index contributed by atoms with van der Waals surface area (Å²) in [6.07, 6.45) is 0. The van der Waals surface area contributed by atoms with Gasteiger partial charge in [-0.3, -0.25) is 14.9 Å². The van der Waals surface area contributed by atoms with Crippen molar-refractivity contribution < 1.29 is 19.1 Å². The molecule has 0 saturated heterocycles. The lowest BCUT2D eigenvalue weighted by atomic mass is 9.98. The molecular formula is C11H8N4O5. The van der Waals surface area contributed by atoms with Gasteiger partial charge in [0.25, 0.3) is 0 Å². The second kappa shape index (κ2) is 5.31. The zero-order chi connectivity index (χ0) is 14.7. The van der Waals surface area contributed by atoms with Crippen molar-refractivity contribution in [3.8, 4) is 6.07 Å². The Kier molecular flexibility index (Phi) is 3.56. The lowest BCUT2D eigenvalue weighted by Crippen LogP contribution is -2.15. The number of carbonyl (C=O) groups excluding carboxylic acids is 1. The SMILES string of the molecule is CCOC(=O)C(C#N)c1ccc([N+](=O)[O-])c2nonc12. The summed E-state index contributed by atoms with van der Waals surface area (Å²) in [4.78, 5) is 21.9. The molecule has 0 fully saturated rings. The molecule has 1 aromatic heterocycles. The summed E-state index contributed by atoms with van der Waals surface area (Å²) in [5.41, 5.74) is -0.269. The summed E-state index contributed by atoms with van der Waals surface area (Å²) in [6.45, 7) is 1.72. The number of non-ortho nitro benzene ring substituents is 1. The van der Waals surface area contributed by atoms with Gasteiger partial charge in [0.15, 0.2) is 5.92 Å². The van der Waals surface area contributed by atoms with Gasteiger partial charge in [0.05, 0.1) is 17.6 Å². The molecular weight excluding hydrogens is 268 g/mol. The van der Waals surface area contributed by atoms with E-state index in [1.54, 1.807) is 13.0 Å². The van der Waals surface area contributed by atoms with E-state index in [1.165, 1.54) is 6.07 Å². The lowest BCUT2D eigenvalue weighted by Gasteiger charge is -2.08. The van der Waals surface area contributed by atoms with Crippen LogP contribution in [-0.2, 0) is 9.53 Å². The molecule has 9 nitrogen and oxygen atoms in total. The number of nitro benzene ring substituents is 1. The maximum Gasteiger partial charge on any atom is 0.327 e. The lowest BCUT2D eigenvalue weighted by molar-refractivity contribution is -0.383. The Morgan fingerprint density at radius 2 is 2.25 bits per heavy atom. The second-order valence-electron chi connectivity index (χ2n) is 3.71. The zero-order valence-corrected chi connectivity index (χ0v) is 10.3. The highest BCUT2D eigenvalue weighted by Crippen LogP contribution is 2.30. The fourth-order valence-electron chi connectivity index (χ4n) is 1.73. The summed E-state index contributed by atoms with van der Waals surface area (Å²) in [6, 6.07) is 4.20. The second-order valence-corrected chi connectivity index (χ2v) is 3.71. The summed E-state index contributed by atoms with van der Waals surface area (Å²) in [5.74, 6) is -2.00. The fourth-order valence-corrected chi connectivity index (χ4v) is 1.73. The van der Waals surface area contributed by atoms with E-state index in [-0.39, 0.29) is 28.9 Å². The van der Waals surface area contributed by atoms with Crippen molar-refractivity contribution in [2.24, 2.45) is 0 Å². The van der Waals surface area contributed by atoms with Crippen LogP contribution in [0.3, 0.4) is 0 Å². The molecule has 0 amide bonds. The average molecular weight is 276 g/mol. The van der Waals surface area contributed by atoms with E-state index in [2.05, 4.69) is 14.9 Å². The number of hydrogen-bond acceptors (Lipinski definition) is 8. The van der Waals surface area contributed by atoms with E-state index in [4.69, 9.17) is 10.00 Å². The van der Waals surface area contributed by atoms with Crippen molar-refractivity contribution in [3.63, 3.8) is 0 Å². The topological polar surface area (TPSA) is 132 Å². The van der Waals surface area contributed by atoms with Crippen molar-refractivity contribution in [1.82, 2.24) is 10.3 Å². The maximum atomic E-state index is 11.7. The highest BCUT2D eigenvalue weighted by Gasteiger charge is 2.28. The van der Waals surface area contributed by atoms with Gasteiger partial charge in [-0.2, -0.15) is 5.26 Å². The van der Waals surface area contributed by atoms with Gasteiger partial charge < -0.3 is 4.74 Å². The normalized spacial score (nSPS) is 11.8. The third-order valence-electron chi connectivity index (χ3n) is 2.58. The molecule has 0 N–H and O–H groups in total. The zero-order valence-electron chi connectivity index (χ0n) is 10.3. The standard InChI is InChI=1S/C11H8N4O5/c1-2-19-11(16)7(5-12)6-3-4-8(15(17)18)10-9(6)13-20-14-10/h3-4,7H,2H2,1H3. The number of nitrogens with zero attached hydrogens (tertiary/aromatic N) is 4. The summed E-state index contributed by atoms with van der Waals surface area (Å²) < 4.78 is 9.24. The van der Waals surface area contributed by atoms with Gasteiger partial charge in [0.2, 0.25) is 5.52 Å². The minimum absolute atomic E-state index is 0.00111. The first kappa shape index (κ1) is 13.4. The number of aromatic nitrogens is 2. The number of hydrogen-bond donors (Lipinski definition) is 0. The van der Waals surface area contributed by atoms with Gasteiger partial charge in [-0.25, -0.2) is 4.63 Å². The highest BCUT2D eigenvalue weighted by atomic mass is 16.6. The van der Waals surface area contributed by atoms with E-state index in [0.29, 0.717) is 0 Å². The Hall–Kier alpha value is -3.02. The molecule has 0 aliphatic carbocycles. The van der Waals surface area contributed by atoms with Crippen LogP contribution in [-0.4, -0.2) is 27.8 Å². The third kappa shape index (κ3) is 2.14. The quantitative estimate of drug-likeness (QED) is 0.463. The Bertz CT molecular complexity index is 717. The molecule has 1 unspecified atom stereocenters. The molecule has 0 aliphatic heterocycles. The van der Waals surface area contributed by atoms with Gasteiger partial charge in [0, 0.05) is 11.6 Å². The molecule has 0 aliphatic rings. The van der Waals surface area contributed by atoms with E-state index in [1.807, 2.05) is 0 Å². The highest BCUT2D eigenvalue weighted by molar-refractivity contribution is 5.92. The first-order valence-electron chi connectivity index (χ1n) is 5.56. The molecule has 2 aromatic rings. The monoisotopic (exact) mass is 276 g/mol. The summed E-state index contributed by atoms with van der Waals surface area (Å²) in [7, 11) is 0. The van der Waals surface area contributed by atoms with Crippen LogP contribution in [0.15, 0.2) is 16.8 Å². The maximum absolute atomic E-state index is 11.7. The number of esters is 1. The van der Waals surface area contributed by atoms with Gasteiger partial charge in [-0.1, -0.05) is 0 Å². The number of ether oxygens (including phenoxy) is 1. The van der Waals surface area contributed by atoms with Crippen molar-refractivity contribution in [2.75, 3.05) is 6.61 Å². The van der Waals surface area contributed by atoms with Crippen molar-refractivity contribution in [3.05, 3.63) is 27.8 Å². The average Bonchev–Trinajstić information content (AvgIpc) is 2.88. The van der Waals surface area contributed by atoms with Gasteiger partial charge in [-0.15, -0.1) is 0 Å². The molecule has 20 heavy (non-hydrogen) atoms. The first-order valence-corrected chi connectivity index (χ1v) is 5.56. The van der Waals surface area contributed by atoms with Crippen LogP contribution in [0.5, 0.6) is 0 Å². The molecule has 1 atom stereocenters. The first-order chi connectivity index (χ1) is 9.60. The number of rotatable bonds is 4. The van der Waals surface area contributed by atoms with Crippen molar-refractivity contribution in [2.45, 2.75) is 12.8 Å². The van der Waals surface area contributed by atoms with Crippen LogP contribution in [0.25, 0.3) is 11.0 Å². The number of carbonyl (C=O) groups is 1. The van der Waals surface area contributed by atoms with Crippen molar-refractivity contribution in [1.29, 1.82) is 5.26 Å². The van der Waals surface area contributed by atoms with Crippen molar-refractivity contribution >= 4 is 22.7 Å². The molecule has 102 valence electrons.